The summed E-state index contributed by atoms with van der Waals surface area (Å²) in [6.07, 6.45) is 1.82. The number of aliphatic carboxylic acids is 1. The Morgan fingerprint density at radius 2 is 1.93 bits per heavy atom. The van der Waals surface area contributed by atoms with E-state index in [1.54, 1.807) is 0 Å². The fourth-order valence-corrected chi connectivity index (χ4v) is 2.36. The minimum atomic E-state index is -0.612. The predicted molar refractivity (Wildman–Crippen MR) is 56.2 cm³/mol. The van der Waals surface area contributed by atoms with Crippen molar-refractivity contribution in [1.29, 1.82) is 0 Å². The normalized spacial score (nSPS) is 30.3. The van der Waals surface area contributed by atoms with E-state index in [0.717, 1.165) is 25.9 Å². The van der Waals surface area contributed by atoms with Crippen LogP contribution in [0.5, 0.6) is 0 Å². The number of carboxylic acids is 1. The molecule has 0 aromatic carbocycles. The Balaban J connectivity index is 2.71. The topological polar surface area (TPSA) is 40.5 Å². The molecule has 0 aliphatic carbocycles. The van der Waals surface area contributed by atoms with Gasteiger partial charge in [0, 0.05) is 0 Å². The molecule has 1 fully saturated rings. The van der Waals surface area contributed by atoms with Gasteiger partial charge in [-0.3, -0.25) is 4.79 Å². The molecule has 1 saturated heterocycles. The van der Waals surface area contributed by atoms with E-state index >= 15 is 0 Å². The molecule has 3 heteroatoms. The lowest BCUT2D eigenvalue weighted by molar-refractivity contribution is -0.144. The first-order chi connectivity index (χ1) is 6.52. The Hall–Kier alpha value is -0.570. The molecule has 1 aliphatic rings. The van der Waals surface area contributed by atoms with Gasteiger partial charge in [0.25, 0.3) is 0 Å². The standard InChI is InChI=1S/C11H21NO2/c1-8(2)9-4-6-12(3)7-5-10(9)11(13)14/h8-10H,4-7H2,1-3H3,(H,13,14). The second-order valence-corrected chi connectivity index (χ2v) is 4.73. The van der Waals surface area contributed by atoms with Crippen LogP contribution in [0.25, 0.3) is 0 Å². The molecule has 0 amide bonds. The first-order valence-corrected chi connectivity index (χ1v) is 5.43. The van der Waals surface area contributed by atoms with E-state index in [1.807, 2.05) is 0 Å². The third kappa shape index (κ3) is 2.71. The van der Waals surface area contributed by atoms with Gasteiger partial charge in [-0.15, -0.1) is 0 Å². The largest absolute Gasteiger partial charge is 0.481 e. The van der Waals surface area contributed by atoms with E-state index in [-0.39, 0.29) is 5.92 Å². The van der Waals surface area contributed by atoms with E-state index < -0.39 is 5.97 Å². The van der Waals surface area contributed by atoms with Crippen LogP contribution in [0.2, 0.25) is 0 Å². The minimum absolute atomic E-state index is 0.139. The molecule has 1 N–H and O–H groups in total. The number of likely N-dealkylation sites (tertiary alicyclic amines) is 1. The van der Waals surface area contributed by atoms with Gasteiger partial charge in [0.1, 0.15) is 0 Å². The number of hydrogen-bond donors (Lipinski definition) is 1. The minimum Gasteiger partial charge on any atom is -0.481 e. The van der Waals surface area contributed by atoms with Crippen molar-refractivity contribution < 1.29 is 9.90 Å². The first kappa shape index (κ1) is 11.5. The molecule has 2 unspecified atom stereocenters. The molecule has 3 nitrogen and oxygen atoms in total. The molecular weight excluding hydrogens is 178 g/mol. The summed E-state index contributed by atoms with van der Waals surface area (Å²) in [6, 6.07) is 0. The van der Waals surface area contributed by atoms with Crippen molar-refractivity contribution in [3.8, 4) is 0 Å². The highest BCUT2D eigenvalue weighted by Gasteiger charge is 2.32. The van der Waals surface area contributed by atoms with E-state index in [2.05, 4.69) is 25.8 Å². The van der Waals surface area contributed by atoms with Gasteiger partial charge in [-0.05, 0) is 44.8 Å². The highest BCUT2D eigenvalue weighted by molar-refractivity contribution is 5.70. The molecule has 0 radical (unpaired) electrons. The highest BCUT2D eigenvalue weighted by atomic mass is 16.4. The first-order valence-electron chi connectivity index (χ1n) is 5.43. The van der Waals surface area contributed by atoms with Gasteiger partial charge in [0.05, 0.1) is 5.92 Å². The average Bonchev–Trinajstić information content (AvgIpc) is 2.26. The van der Waals surface area contributed by atoms with Crippen LogP contribution in [-0.2, 0) is 4.79 Å². The van der Waals surface area contributed by atoms with Crippen molar-refractivity contribution in [3.05, 3.63) is 0 Å². The molecule has 0 aromatic heterocycles. The van der Waals surface area contributed by atoms with Crippen molar-refractivity contribution in [3.63, 3.8) is 0 Å². The van der Waals surface area contributed by atoms with E-state index in [1.165, 1.54) is 0 Å². The van der Waals surface area contributed by atoms with Crippen LogP contribution in [0.15, 0.2) is 0 Å². The summed E-state index contributed by atoms with van der Waals surface area (Å²) in [5.41, 5.74) is 0. The van der Waals surface area contributed by atoms with Crippen LogP contribution >= 0.6 is 0 Å². The lowest BCUT2D eigenvalue weighted by atomic mass is 9.80. The summed E-state index contributed by atoms with van der Waals surface area (Å²) in [4.78, 5) is 13.3. The number of carbonyl (C=O) groups is 1. The molecule has 0 saturated carbocycles. The zero-order valence-electron chi connectivity index (χ0n) is 9.36. The predicted octanol–water partition coefficient (Wildman–Crippen LogP) is 1.69. The highest BCUT2D eigenvalue weighted by Crippen LogP contribution is 2.30. The van der Waals surface area contributed by atoms with Crippen LogP contribution in [0.1, 0.15) is 26.7 Å². The zero-order valence-corrected chi connectivity index (χ0v) is 9.36. The van der Waals surface area contributed by atoms with Gasteiger partial charge in [-0.25, -0.2) is 0 Å². The second-order valence-electron chi connectivity index (χ2n) is 4.73. The lowest BCUT2D eigenvalue weighted by Crippen LogP contribution is -2.27. The molecule has 1 aliphatic heterocycles. The fraction of sp³-hybridized carbons (Fsp3) is 0.909. The van der Waals surface area contributed by atoms with Gasteiger partial charge >= 0.3 is 5.97 Å². The van der Waals surface area contributed by atoms with Gasteiger partial charge < -0.3 is 10.0 Å². The SMILES string of the molecule is CC(C)C1CCN(C)CCC1C(=O)O. The van der Waals surface area contributed by atoms with Crippen LogP contribution < -0.4 is 0 Å². The maximum absolute atomic E-state index is 11.1. The Kier molecular flexibility index (Phi) is 3.93. The maximum Gasteiger partial charge on any atom is 0.306 e. The van der Waals surface area contributed by atoms with E-state index in [4.69, 9.17) is 5.11 Å². The molecule has 0 spiro atoms. The summed E-state index contributed by atoms with van der Waals surface area (Å²) >= 11 is 0. The van der Waals surface area contributed by atoms with Gasteiger partial charge in [0.15, 0.2) is 0 Å². The molecule has 1 heterocycles. The lowest BCUT2D eigenvalue weighted by Gasteiger charge is -2.24. The van der Waals surface area contributed by atoms with Crippen molar-refractivity contribution in [2.24, 2.45) is 17.8 Å². The molecule has 0 aromatic rings. The Morgan fingerprint density at radius 1 is 1.36 bits per heavy atom. The van der Waals surface area contributed by atoms with Crippen LogP contribution in [0.4, 0.5) is 0 Å². The van der Waals surface area contributed by atoms with Crippen molar-refractivity contribution in [2.75, 3.05) is 20.1 Å². The number of rotatable bonds is 2. The monoisotopic (exact) mass is 199 g/mol. The number of hydrogen-bond acceptors (Lipinski definition) is 2. The molecule has 82 valence electrons. The maximum atomic E-state index is 11.1. The van der Waals surface area contributed by atoms with Gasteiger partial charge in [0.2, 0.25) is 0 Å². The summed E-state index contributed by atoms with van der Waals surface area (Å²) < 4.78 is 0. The quantitative estimate of drug-likeness (QED) is 0.735. The molecule has 0 bridgehead atoms. The summed E-state index contributed by atoms with van der Waals surface area (Å²) in [7, 11) is 2.07. The van der Waals surface area contributed by atoms with Crippen molar-refractivity contribution in [1.82, 2.24) is 4.90 Å². The van der Waals surface area contributed by atoms with Crippen LogP contribution in [0.3, 0.4) is 0 Å². The zero-order chi connectivity index (χ0) is 10.7. The van der Waals surface area contributed by atoms with Crippen molar-refractivity contribution >= 4 is 5.97 Å². The molecule has 2 atom stereocenters. The third-order valence-electron chi connectivity index (χ3n) is 3.36. The van der Waals surface area contributed by atoms with Crippen LogP contribution in [-0.4, -0.2) is 36.1 Å². The summed E-state index contributed by atoms with van der Waals surface area (Å²) in [5.74, 6) is 0.0685. The Bertz CT molecular complexity index is 203. The number of carboxylic acid groups (broad SMARTS) is 1. The molecule has 14 heavy (non-hydrogen) atoms. The smallest absolute Gasteiger partial charge is 0.306 e. The third-order valence-corrected chi connectivity index (χ3v) is 3.36. The van der Waals surface area contributed by atoms with Crippen LogP contribution in [0, 0.1) is 17.8 Å². The van der Waals surface area contributed by atoms with E-state index in [9.17, 15) is 4.79 Å². The Labute approximate surface area is 86.1 Å². The number of nitrogens with zero attached hydrogens (tertiary/aromatic N) is 1. The molecular formula is C11H21NO2. The van der Waals surface area contributed by atoms with Gasteiger partial charge in [-0.2, -0.15) is 0 Å². The van der Waals surface area contributed by atoms with Gasteiger partial charge in [-0.1, -0.05) is 13.8 Å². The van der Waals surface area contributed by atoms with Crippen molar-refractivity contribution in [2.45, 2.75) is 26.7 Å². The fourth-order valence-electron chi connectivity index (χ4n) is 2.36. The summed E-state index contributed by atoms with van der Waals surface area (Å²) in [5, 5.41) is 9.15. The average molecular weight is 199 g/mol. The summed E-state index contributed by atoms with van der Waals surface area (Å²) in [6.45, 7) is 6.21. The molecule has 1 rings (SSSR count). The second kappa shape index (κ2) is 4.78. The Morgan fingerprint density at radius 3 is 2.43 bits per heavy atom. The van der Waals surface area contributed by atoms with E-state index in [0.29, 0.717) is 11.8 Å².